The van der Waals surface area contributed by atoms with E-state index in [1.165, 1.54) is 4.90 Å². The molecule has 1 N–H and O–H groups in total. The van der Waals surface area contributed by atoms with Gasteiger partial charge in [0.05, 0.1) is 0 Å². The largest absolute Gasteiger partial charge is 0.345 e. The highest BCUT2D eigenvalue weighted by molar-refractivity contribution is 9.09. The van der Waals surface area contributed by atoms with Gasteiger partial charge in [-0.3, -0.25) is 9.59 Å². The standard InChI is InChI=1S/C15H21BrN2O2/c1-11-7-8-12(15(20)18(2)3)10-13(11)17-14(19)6-4-5-9-16/h7-8,10H,4-6,9H2,1-3H3,(H,17,19). The minimum Gasteiger partial charge on any atom is -0.345 e. The Balaban J connectivity index is 2.76. The van der Waals surface area contributed by atoms with Crippen LogP contribution in [0.5, 0.6) is 0 Å². The highest BCUT2D eigenvalue weighted by atomic mass is 79.9. The number of nitrogens with zero attached hydrogens (tertiary/aromatic N) is 1. The summed E-state index contributed by atoms with van der Waals surface area (Å²) in [5.74, 6) is -0.0803. The van der Waals surface area contributed by atoms with Crippen LogP contribution >= 0.6 is 15.9 Å². The molecule has 0 aliphatic heterocycles. The first-order chi connectivity index (χ1) is 9.45. The lowest BCUT2D eigenvalue weighted by Crippen LogP contribution is -2.22. The molecule has 0 aliphatic rings. The number of unbranched alkanes of at least 4 members (excludes halogenated alkanes) is 1. The molecule has 0 radical (unpaired) electrons. The van der Waals surface area contributed by atoms with Crippen molar-refractivity contribution in [3.8, 4) is 0 Å². The number of carbonyl (C=O) groups excluding carboxylic acids is 2. The summed E-state index contributed by atoms with van der Waals surface area (Å²) >= 11 is 3.34. The molecule has 20 heavy (non-hydrogen) atoms. The van der Waals surface area contributed by atoms with Crippen LogP contribution < -0.4 is 5.32 Å². The molecule has 1 aromatic rings. The number of nitrogens with one attached hydrogen (secondary N) is 1. The lowest BCUT2D eigenvalue weighted by atomic mass is 10.1. The summed E-state index contributed by atoms with van der Waals surface area (Å²) in [5.41, 5.74) is 2.24. The van der Waals surface area contributed by atoms with Gasteiger partial charge in [0.15, 0.2) is 0 Å². The minimum absolute atomic E-state index is 0.0106. The summed E-state index contributed by atoms with van der Waals surface area (Å²) in [6.07, 6.45) is 2.33. The number of anilines is 1. The molecule has 0 saturated heterocycles. The monoisotopic (exact) mass is 340 g/mol. The fraction of sp³-hybridized carbons (Fsp3) is 0.467. The topological polar surface area (TPSA) is 49.4 Å². The van der Waals surface area contributed by atoms with Crippen molar-refractivity contribution in [3.05, 3.63) is 29.3 Å². The molecule has 1 aromatic carbocycles. The SMILES string of the molecule is Cc1ccc(C(=O)N(C)C)cc1NC(=O)CCCCBr. The van der Waals surface area contributed by atoms with E-state index in [4.69, 9.17) is 0 Å². The third kappa shape index (κ3) is 4.96. The highest BCUT2D eigenvalue weighted by Crippen LogP contribution is 2.18. The van der Waals surface area contributed by atoms with Crippen LogP contribution in [0.2, 0.25) is 0 Å². The average molecular weight is 341 g/mol. The average Bonchev–Trinajstić information content (AvgIpc) is 2.40. The van der Waals surface area contributed by atoms with Gasteiger partial charge in [-0.2, -0.15) is 0 Å². The molecular weight excluding hydrogens is 320 g/mol. The van der Waals surface area contributed by atoms with Crippen LogP contribution in [0, 0.1) is 6.92 Å². The van der Waals surface area contributed by atoms with Crippen LogP contribution in [0.15, 0.2) is 18.2 Å². The molecule has 1 rings (SSSR count). The number of benzene rings is 1. The first kappa shape index (κ1) is 16.7. The van der Waals surface area contributed by atoms with Gasteiger partial charge in [0, 0.05) is 37.1 Å². The van der Waals surface area contributed by atoms with Gasteiger partial charge in [0.1, 0.15) is 0 Å². The molecule has 0 heterocycles. The van der Waals surface area contributed by atoms with E-state index in [-0.39, 0.29) is 11.8 Å². The molecule has 0 fully saturated rings. The van der Waals surface area contributed by atoms with E-state index in [0.29, 0.717) is 17.7 Å². The van der Waals surface area contributed by atoms with E-state index in [1.54, 1.807) is 26.2 Å². The van der Waals surface area contributed by atoms with Crippen LogP contribution in [0.3, 0.4) is 0 Å². The van der Waals surface area contributed by atoms with Crippen LogP contribution in [-0.4, -0.2) is 36.1 Å². The van der Waals surface area contributed by atoms with E-state index >= 15 is 0 Å². The molecule has 0 atom stereocenters. The molecule has 0 spiro atoms. The number of hydrogen-bond donors (Lipinski definition) is 1. The van der Waals surface area contributed by atoms with Crippen molar-refractivity contribution in [2.24, 2.45) is 0 Å². The summed E-state index contributed by atoms with van der Waals surface area (Å²) in [6.45, 7) is 1.91. The van der Waals surface area contributed by atoms with Crippen LogP contribution in [0.25, 0.3) is 0 Å². The van der Waals surface area contributed by atoms with Crippen molar-refractivity contribution in [2.75, 3.05) is 24.7 Å². The Bertz CT molecular complexity index is 487. The lowest BCUT2D eigenvalue weighted by Gasteiger charge is -2.13. The Morgan fingerprint density at radius 1 is 1.25 bits per heavy atom. The van der Waals surface area contributed by atoms with E-state index in [0.717, 1.165) is 23.7 Å². The first-order valence-electron chi connectivity index (χ1n) is 6.64. The maximum Gasteiger partial charge on any atom is 0.253 e. The van der Waals surface area contributed by atoms with Crippen LogP contribution in [0.4, 0.5) is 5.69 Å². The Morgan fingerprint density at radius 2 is 1.95 bits per heavy atom. The quantitative estimate of drug-likeness (QED) is 0.638. The summed E-state index contributed by atoms with van der Waals surface area (Å²) in [5, 5.41) is 3.79. The second kappa shape index (κ2) is 8.04. The van der Waals surface area contributed by atoms with E-state index in [2.05, 4.69) is 21.2 Å². The normalized spacial score (nSPS) is 10.2. The third-order valence-electron chi connectivity index (χ3n) is 2.95. The van der Waals surface area contributed by atoms with Gasteiger partial charge in [-0.25, -0.2) is 0 Å². The van der Waals surface area contributed by atoms with Crippen molar-refractivity contribution >= 4 is 33.4 Å². The molecule has 4 nitrogen and oxygen atoms in total. The molecule has 5 heteroatoms. The smallest absolute Gasteiger partial charge is 0.253 e. The number of aryl methyl sites for hydroxylation is 1. The molecule has 0 aromatic heterocycles. The number of amides is 2. The van der Waals surface area contributed by atoms with E-state index in [1.807, 2.05) is 13.0 Å². The summed E-state index contributed by atoms with van der Waals surface area (Å²) in [4.78, 5) is 25.3. The van der Waals surface area contributed by atoms with E-state index < -0.39 is 0 Å². The summed E-state index contributed by atoms with van der Waals surface area (Å²) < 4.78 is 0. The Hall–Kier alpha value is -1.36. The molecule has 0 aliphatic carbocycles. The molecule has 2 amide bonds. The number of hydrogen-bond acceptors (Lipinski definition) is 2. The summed E-state index contributed by atoms with van der Waals surface area (Å²) in [6, 6.07) is 5.36. The molecular formula is C15H21BrN2O2. The fourth-order valence-electron chi connectivity index (χ4n) is 1.74. The Labute approximate surface area is 128 Å². The molecule has 110 valence electrons. The van der Waals surface area contributed by atoms with Crippen LogP contribution in [0.1, 0.15) is 35.2 Å². The molecule has 0 bridgehead atoms. The first-order valence-corrected chi connectivity index (χ1v) is 7.76. The van der Waals surface area contributed by atoms with Crippen molar-refractivity contribution < 1.29 is 9.59 Å². The Kier molecular flexibility index (Phi) is 6.71. The Morgan fingerprint density at radius 3 is 2.55 bits per heavy atom. The number of rotatable bonds is 6. The number of alkyl halides is 1. The fourth-order valence-corrected chi connectivity index (χ4v) is 2.14. The van der Waals surface area contributed by atoms with Crippen molar-refractivity contribution in [3.63, 3.8) is 0 Å². The lowest BCUT2D eigenvalue weighted by molar-refractivity contribution is -0.116. The number of halogens is 1. The predicted octanol–water partition coefficient (Wildman–Crippen LogP) is 3.20. The van der Waals surface area contributed by atoms with E-state index in [9.17, 15) is 9.59 Å². The predicted molar refractivity (Wildman–Crippen MR) is 85.5 cm³/mol. The molecule has 0 unspecified atom stereocenters. The number of carbonyl (C=O) groups is 2. The second-order valence-corrected chi connectivity index (χ2v) is 5.72. The second-order valence-electron chi connectivity index (χ2n) is 4.92. The maximum atomic E-state index is 11.9. The zero-order valence-electron chi connectivity index (χ0n) is 12.2. The molecule has 0 saturated carbocycles. The van der Waals surface area contributed by atoms with Crippen molar-refractivity contribution in [2.45, 2.75) is 26.2 Å². The van der Waals surface area contributed by atoms with Gasteiger partial charge in [-0.15, -0.1) is 0 Å². The van der Waals surface area contributed by atoms with Gasteiger partial charge < -0.3 is 10.2 Å². The van der Waals surface area contributed by atoms with Gasteiger partial charge >= 0.3 is 0 Å². The van der Waals surface area contributed by atoms with Crippen molar-refractivity contribution in [1.29, 1.82) is 0 Å². The minimum atomic E-state index is -0.0696. The van der Waals surface area contributed by atoms with Gasteiger partial charge in [-0.1, -0.05) is 22.0 Å². The van der Waals surface area contributed by atoms with Gasteiger partial charge in [0.2, 0.25) is 5.91 Å². The van der Waals surface area contributed by atoms with Gasteiger partial charge in [-0.05, 0) is 37.5 Å². The highest BCUT2D eigenvalue weighted by Gasteiger charge is 2.11. The van der Waals surface area contributed by atoms with Crippen molar-refractivity contribution in [1.82, 2.24) is 4.90 Å². The third-order valence-corrected chi connectivity index (χ3v) is 3.51. The maximum absolute atomic E-state index is 11.9. The van der Waals surface area contributed by atoms with Gasteiger partial charge in [0.25, 0.3) is 5.91 Å². The van der Waals surface area contributed by atoms with Crippen LogP contribution in [-0.2, 0) is 4.79 Å². The zero-order chi connectivity index (χ0) is 15.1. The zero-order valence-corrected chi connectivity index (χ0v) is 13.8. The summed E-state index contributed by atoms with van der Waals surface area (Å²) in [7, 11) is 3.42.